The number of rotatable bonds is 30. The number of piperazine rings is 1. The minimum Gasteiger partial charge on any atom is -0.491 e. The van der Waals surface area contributed by atoms with Gasteiger partial charge < -0.3 is 61.6 Å². The largest absolute Gasteiger partial charge is 0.491 e. The van der Waals surface area contributed by atoms with Gasteiger partial charge in [0.05, 0.1) is 30.7 Å². The standard InChI is InChI=1S/C37H52N8O3.C30H41N.C21H26O.C21H24O.C15H28N2.C6H13NO.ClH/c1-3-31-36(47)42(2)32-22-38-37(41-34(32)45(31)27-6-4-5-7-27)40-30-15-14-29(28-16-21-48-33(28)30)35(46)39-25-10-12-26(13-11-25)44-19-17-43(18-20-44)23-24-8-9-24;1-3-7-24(8-4-1)22-29(23-25-9-5-2-6-10-25)28-13-15-30(16-14-28)31-19-17-27(18-20-31)21-26-11-12-26;2*22-21-13-11-19(12-14-21)20(15-17-7-3-1-4-8-17)16-18-9-5-2-6-10-18;16-14-3-5-15(6-4-14)17-9-7-13(8-10-17)11-12-1-2-12;7-5-1-3-6(8)4-2-5;/h14-15,22,24-27,31H,3-13,16-21,23H2,1-2H3,(H,39,46)(H,38,40,41);1-10,26-30H,11-23H2;1-10,19-22H,11-16H2;1-10,19-20H,11-16H2;12-15H,1-11,16H2;5-6,8H,1-4,7H2;1H/t25?,26?,31-;;;;;;/m1....../s1. The molecule has 0 radical (unpaired) electrons. The first-order valence-electron chi connectivity index (χ1n) is 59.9. The molecule has 6 heterocycles. The molecule has 8 N–H and O–H groups in total. The van der Waals surface area contributed by atoms with Gasteiger partial charge in [0.1, 0.15) is 23.3 Å². The number of halogens is 1. The number of carbonyl (C=O) groups is 3. The predicted molar refractivity (Wildman–Crippen MR) is 613 cm³/mol. The average Bonchev–Trinajstić information content (AvgIpc) is 1.74. The highest BCUT2D eigenvalue weighted by Gasteiger charge is 2.44. The molecule has 15 aliphatic rings. The maximum absolute atomic E-state index is 13.6. The summed E-state index contributed by atoms with van der Waals surface area (Å²) >= 11 is 0. The molecule has 808 valence electrons. The number of likely N-dealkylation sites (N-methyl/N-ethyl adjacent to an activating group) is 1. The molecule has 13 fully saturated rings. The second kappa shape index (κ2) is 57.2. The Kier molecular flexibility index (Phi) is 42.9. The van der Waals surface area contributed by atoms with Crippen molar-refractivity contribution < 1.29 is 29.3 Å². The summed E-state index contributed by atoms with van der Waals surface area (Å²) in [6, 6.07) is 73.1. The lowest BCUT2D eigenvalue weighted by molar-refractivity contribution is -0.121. The lowest BCUT2D eigenvalue weighted by atomic mass is 9.73. The number of hydrogen-bond acceptors (Lipinski definition) is 16. The summed E-state index contributed by atoms with van der Waals surface area (Å²) in [5, 5.41) is 25.5. The summed E-state index contributed by atoms with van der Waals surface area (Å²) in [5.41, 5.74) is 23.5. The van der Waals surface area contributed by atoms with Crippen LogP contribution >= 0.6 is 12.4 Å². The number of aromatic nitrogens is 2. The monoisotopic (exact) mass is 2050 g/mol. The van der Waals surface area contributed by atoms with E-state index < -0.39 is 0 Å². The van der Waals surface area contributed by atoms with E-state index in [-0.39, 0.29) is 48.5 Å². The molecule has 8 aromatic rings. The number of piperidine rings is 2. The number of carbonyl (C=O) groups excluding carboxylic acids is 3. The van der Waals surface area contributed by atoms with Gasteiger partial charge >= 0.3 is 0 Å². The highest BCUT2D eigenvalue weighted by atomic mass is 35.5. The highest BCUT2D eigenvalue weighted by Crippen LogP contribution is 2.47. The topological polar surface area (TPSA) is 222 Å². The molecule has 2 amide bonds. The second-order valence-electron chi connectivity index (χ2n) is 48.4. The molecule has 7 aromatic carbocycles. The van der Waals surface area contributed by atoms with E-state index in [9.17, 15) is 19.5 Å². The molecule has 1 aromatic heterocycles. The van der Waals surface area contributed by atoms with Crippen molar-refractivity contribution in [1.82, 2.24) is 34.9 Å². The molecule has 0 spiro atoms. The lowest BCUT2D eigenvalue weighted by Gasteiger charge is -2.43. The molecule has 10 aliphatic carbocycles. The number of ether oxygens (including phenoxy) is 1. The molecule has 10 saturated carbocycles. The zero-order valence-corrected chi connectivity index (χ0v) is 91.7. The number of nitrogens with one attached hydrogen (secondary N) is 2. The van der Waals surface area contributed by atoms with Gasteiger partial charge in [-0.05, 0) is 387 Å². The summed E-state index contributed by atoms with van der Waals surface area (Å²) in [6.07, 6.45) is 59.6. The van der Waals surface area contributed by atoms with Crippen LogP contribution in [0, 0.1) is 65.1 Å². The van der Waals surface area contributed by atoms with E-state index in [1.165, 1.54) is 246 Å². The van der Waals surface area contributed by atoms with E-state index in [1.807, 2.05) is 19.2 Å². The van der Waals surface area contributed by atoms with Gasteiger partial charge in [0, 0.05) is 112 Å². The Labute approximate surface area is 902 Å². The number of hydrogen-bond donors (Lipinski definition) is 6. The first-order chi connectivity index (χ1) is 72.5. The molecular formula is C130H185ClN12O6. The molecule has 19 heteroatoms. The first kappa shape index (κ1) is 112. The maximum atomic E-state index is 13.6. The fourth-order valence-electron chi connectivity index (χ4n) is 28.0. The van der Waals surface area contributed by atoms with E-state index >= 15 is 0 Å². The van der Waals surface area contributed by atoms with E-state index in [2.05, 4.69) is 229 Å². The van der Waals surface area contributed by atoms with Crippen LogP contribution in [0.2, 0.25) is 0 Å². The van der Waals surface area contributed by atoms with Gasteiger partial charge in [0.15, 0.2) is 5.82 Å². The van der Waals surface area contributed by atoms with Crippen molar-refractivity contribution in [2.45, 2.75) is 376 Å². The van der Waals surface area contributed by atoms with Crippen molar-refractivity contribution in [2.75, 3.05) is 87.7 Å². The van der Waals surface area contributed by atoms with Crippen LogP contribution < -0.4 is 36.6 Å². The van der Waals surface area contributed by atoms with Crippen molar-refractivity contribution in [2.24, 2.45) is 76.6 Å². The number of anilines is 4. The number of benzene rings is 7. The van der Waals surface area contributed by atoms with Crippen molar-refractivity contribution in [3.8, 4) is 5.75 Å². The highest BCUT2D eigenvalue weighted by molar-refractivity contribution is 6.04. The molecule has 18 nitrogen and oxygen atoms in total. The number of nitrogens with two attached hydrogens (primary N) is 2. The third kappa shape index (κ3) is 33.8. The van der Waals surface area contributed by atoms with Crippen molar-refractivity contribution in [3.63, 3.8) is 0 Å². The maximum Gasteiger partial charge on any atom is 0.251 e. The third-order valence-electron chi connectivity index (χ3n) is 37.6. The zero-order chi connectivity index (χ0) is 102. The Morgan fingerprint density at radius 2 is 0.792 bits per heavy atom. The molecule has 149 heavy (non-hydrogen) atoms. The fraction of sp³-hybridized carbons (Fsp3) is 0.623. The Bertz CT molecular complexity index is 5080. The number of amides is 2. The summed E-state index contributed by atoms with van der Waals surface area (Å²) in [6.45, 7) is 14.2. The quantitative estimate of drug-likeness (QED) is 0.0246. The number of aliphatic hydroxyl groups is 2. The molecule has 23 rings (SSSR count). The molecule has 0 bridgehead atoms. The summed E-state index contributed by atoms with van der Waals surface area (Å²) in [5.74, 6) is 12.2. The van der Waals surface area contributed by atoms with E-state index in [1.54, 1.807) is 23.9 Å². The Morgan fingerprint density at radius 3 is 1.20 bits per heavy atom. The molecular weight excluding hydrogens is 1860 g/mol. The van der Waals surface area contributed by atoms with Gasteiger partial charge in [-0.2, -0.15) is 4.98 Å². The third-order valence-corrected chi connectivity index (χ3v) is 37.6. The van der Waals surface area contributed by atoms with Crippen LogP contribution in [0.1, 0.15) is 319 Å². The SMILES string of the molecule is CC[C@@H]1C(=O)N(C)c2cnc(Nc3ccc(C(=O)NC4CCC(N5CCN(CC6CC6)CC5)CC4)c4c3OCC4)nc2N1C1CCCC1.Cl.NC1CCC(N2CCC(CC3CC3)CC2)CC1.NC1CCC(O)CC1.O=C1CCC(C(Cc2ccccc2)Cc2ccccc2)CC1.OC1CCC(C(Cc2ccccc2)Cc2ccccc2)CC1.c1ccc(CC(Cc2ccccc2)C2CCC(N3CCC(CC4CC4)CC3)CC2)cc1. The van der Waals surface area contributed by atoms with Gasteiger partial charge in [-0.25, -0.2) is 4.98 Å². The average molecular weight is 2050 g/mol. The number of aliphatic hydroxyl groups excluding tert-OH is 2. The number of ketones is 1. The summed E-state index contributed by atoms with van der Waals surface area (Å²) < 4.78 is 6.11. The van der Waals surface area contributed by atoms with Crippen LogP contribution in [0.5, 0.6) is 5.75 Å². The van der Waals surface area contributed by atoms with Crippen LogP contribution in [0.15, 0.2) is 200 Å². The smallest absolute Gasteiger partial charge is 0.251 e. The summed E-state index contributed by atoms with van der Waals surface area (Å²) in [7, 11) is 1.82. The minimum absolute atomic E-state index is 0. The Morgan fingerprint density at radius 1 is 0.416 bits per heavy atom. The van der Waals surface area contributed by atoms with Gasteiger partial charge in [-0.1, -0.05) is 227 Å². The van der Waals surface area contributed by atoms with Crippen LogP contribution in [-0.2, 0) is 54.5 Å². The normalized spacial score (nSPS) is 26.0. The Balaban J connectivity index is 0.000000130. The molecule has 3 saturated heterocycles. The van der Waals surface area contributed by atoms with Gasteiger partial charge in [-0.3, -0.25) is 19.3 Å². The van der Waals surface area contributed by atoms with E-state index in [0.29, 0.717) is 78.0 Å². The lowest BCUT2D eigenvalue weighted by Crippen LogP contribution is -2.55. The van der Waals surface area contributed by atoms with Crippen LogP contribution in [0.3, 0.4) is 0 Å². The van der Waals surface area contributed by atoms with Gasteiger partial charge in [-0.15, -0.1) is 12.4 Å². The molecule has 0 unspecified atom stereocenters. The predicted octanol–water partition coefficient (Wildman–Crippen LogP) is 24.8. The minimum atomic E-state index is -0.221. The van der Waals surface area contributed by atoms with Crippen molar-refractivity contribution in [1.29, 1.82) is 0 Å². The Hall–Kier alpha value is -8.40. The summed E-state index contributed by atoms with van der Waals surface area (Å²) in [4.78, 5) is 63.1. The van der Waals surface area contributed by atoms with Gasteiger partial charge in [0.25, 0.3) is 5.91 Å². The van der Waals surface area contributed by atoms with Crippen LogP contribution in [-0.4, -0.2) is 190 Å². The van der Waals surface area contributed by atoms with Crippen molar-refractivity contribution in [3.05, 3.63) is 245 Å². The van der Waals surface area contributed by atoms with E-state index in [0.717, 1.165) is 217 Å². The number of nitrogens with zero attached hydrogens (tertiary/aromatic N) is 8. The second-order valence-corrected chi connectivity index (χ2v) is 48.4. The van der Waals surface area contributed by atoms with Crippen LogP contribution in [0.25, 0.3) is 0 Å². The van der Waals surface area contributed by atoms with Crippen LogP contribution in [0.4, 0.5) is 23.1 Å². The van der Waals surface area contributed by atoms with Crippen molar-refractivity contribution >= 4 is 53.1 Å². The number of likely N-dealkylation sites (tertiary alicyclic amines) is 2. The first-order valence-corrected chi connectivity index (χ1v) is 59.9. The zero-order valence-electron chi connectivity index (χ0n) is 90.9. The molecule has 1 atom stereocenters. The van der Waals surface area contributed by atoms with Gasteiger partial charge in [0.2, 0.25) is 11.9 Å². The fourth-order valence-corrected chi connectivity index (χ4v) is 28.0. The molecule has 5 aliphatic heterocycles. The number of Topliss-reactive ketones (excluding diaryl/α,β-unsaturated/α-hetero) is 1. The number of fused-ring (bicyclic) bond motifs is 2. The van der Waals surface area contributed by atoms with E-state index in [4.69, 9.17) is 26.3 Å².